The molecule has 0 aliphatic rings. The lowest BCUT2D eigenvalue weighted by Crippen LogP contribution is -3.61. The Morgan fingerprint density at radius 3 is 1.67 bits per heavy atom. The molecule has 0 bridgehead atoms. The second kappa shape index (κ2) is 13.4. The minimum atomic E-state index is -4.85. The van der Waals surface area contributed by atoms with E-state index in [-0.39, 0.29) is 43.3 Å². The number of carbonyl (C=O) groups is 1. The fourth-order valence-corrected chi connectivity index (χ4v) is 6.40. The van der Waals surface area contributed by atoms with Gasteiger partial charge in [0.15, 0.2) is 18.7 Å². The van der Waals surface area contributed by atoms with Crippen molar-refractivity contribution in [3.05, 3.63) is 121 Å². The Hall–Kier alpha value is -3.28. The van der Waals surface area contributed by atoms with E-state index in [1.54, 1.807) is 0 Å². The number of aromatic hydroxyl groups is 1. The summed E-state index contributed by atoms with van der Waals surface area (Å²) in [7, 11) is -4.85. The van der Waals surface area contributed by atoms with Gasteiger partial charge in [0, 0.05) is 0 Å². The first-order chi connectivity index (χ1) is 19.4. The zero-order valence-corrected chi connectivity index (χ0v) is 27.3. The summed E-state index contributed by atoms with van der Waals surface area (Å²) in [6, 6.07) is 26.1. The van der Waals surface area contributed by atoms with E-state index in [9.17, 15) is 27.3 Å². The first kappa shape index (κ1) is 33.2. The van der Waals surface area contributed by atoms with Crippen LogP contribution in [0.15, 0.2) is 95.9 Å². The third kappa shape index (κ3) is 9.37. The highest BCUT2D eigenvalue weighted by molar-refractivity contribution is 7.85. The van der Waals surface area contributed by atoms with Gasteiger partial charge in [-0.3, -0.25) is 0 Å². The molecular formula is C33H34FIO6S. The van der Waals surface area contributed by atoms with Crippen molar-refractivity contribution in [3.8, 4) is 11.5 Å². The summed E-state index contributed by atoms with van der Waals surface area (Å²) in [4.78, 5) is 10.9. The van der Waals surface area contributed by atoms with Gasteiger partial charge in [-0.05, 0) is 76.6 Å². The van der Waals surface area contributed by atoms with Gasteiger partial charge >= 0.3 is 27.2 Å². The summed E-state index contributed by atoms with van der Waals surface area (Å²) in [5.74, 6) is -2.96. The maximum absolute atomic E-state index is 13.3. The first-order valence-electron chi connectivity index (χ1n) is 13.1. The van der Waals surface area contributed by atoms with E-state index in [4.69, 9.17) is 4.74 Å². The van der Waals surface area contributed by atoms with E-state index in [1.807, 2.05) is 0 Å². The smallest absolute Gasteiger partial charge is 0.357 e. The zero-order valence-electron chi connectivity index (χ0n) is 24.3. The Morgan fingerprint density at radius 1 is 0.786 bits per heavy atom. The molecule has 0 atom stereocenters. The molecule has 4 aromatic rings. The van der Waals surface area contributed by atoms with Crippen LogP contribution in [0.2, 0.25) is 0 Å². The highest BCUT2D eigenvalue weighted by Gasteiger charge is 2.20. The van der Waals surface area contributed by atoms with Crippen LogP contribution >= 0.6 is 0 Å². The number of phenolic OH excluding ortho intramolecular Hbond substituents is 1. The molecule has 0 amide bonds. The van der Waals surface area contributed by atoms with Crippen LogP contribution in [0.4, 0.5) is 4.39 Å². The first-order valence-corrected chi connectivity index (χ1v) is 16.6. The molecule has 0 fully saturated rings. The maximum Gasteiger partial charge on any atom is 0.357 e. The van der Waals surface area contributed by atoms with Crippen LogP contribution in [-0.4, -0.2) is 24.0 Å². The molecule has 0 aliphatic heterocycles. The molecule has 9 heteroatoms. The van der Waals surface area contributed by atoms with Crippen LogP contribution in [0.1, 0.15) is 63.0 Å². The Bertz CT molecular complexity index is 1580. The van der Waals surface area contributed by atoms with Crippen LogP contribution in [0.5, 0.6) is 11.5 Å². The fraction of sp³-hybridized carbons (Fsp3) is 0.242. The number of hydrogen-bond acceptors (Lipinski definition) is 6. The molecule has 4 rings (SSSR count). The Balaban J connectivity index is 0.000000230. The topological polar surface area (TPSA) is 104 Å². The summed E-state index contributed by atoms with van der Waals surface area (Å²) < 4.78 is 53.4. The van der Waals surface area contributed by atoms with Crippen LogP contribution < -0.4 is 25.9 Å². The van der Waals surface area contributed by atoms with E-state index < -0.39 is 32.5 Å². The molecule has 0 radical (unpaired) electrons. The fourth-order valence-electron chi connectivity index (χ4n) is 3.69. The van der Waals surface area contributed by atoms with Gasteiger partial charge in [-0.15, -0.1) is 0 Å². The highest BCUT2D eigenvalue weighted by Crippen LogP contribution is 2.25. The van der Waals surface area contributed by atoms with Crippen molar-refractivity contribution >= 4 is 16.1 Å². The number of phenols is 1. The molecule has 0 saturated carbocycles. The number of benzene rings is 4. The number of ether oxygens (including phenoxy) is 1. The average Bonchev–Trinajstić information content (AvgIpc) is 2.89. The molecule has 222 valence electrons. The second-order valence-electron chi connectivity index (χ2n) is 11.6. The minimum Gasteiger partial charge on any atom is -0.744 e. The lowest BCUT2D eigenvalue weighted by atomic mass is 9.87. The lowest BCUT2D eigenvalue weighted by molar-refractivity contribution is -0.597. The van der Waals surface area contributed by atoms with Gasteiger partial charge in [-0.2, -0.15) is 0 Å². The molecule has 0 saturated heterocycles. The molecule has 0 spiro atoms. The number of hydrogen-bond donors (Lipinski definition) is 1. The van der Waals surface area contributed by atoms with Gasteiger partial charge in [0.1, 0.15) is 15.9 Å². The third-order valence-corrected chi connectivity index (χ3v) is 9.71. The molecule has 1 N–H and O–H groups in total. The van der Waals surface area contributed by atoms with Crippen LogP contribution in [-0.2, 0) is 20.9 Å². The Kier molecular flexibility index (Phi) is 10.6. The van der Waals surface area contributed by atoms with Crippen molar-refractivity contribution in [2.45, 2.75) is 57.3 Å². The quantitative estimate of drug-likeness (QED) is 0.146. The predicted molar refractivity (Wildman–Crippen MR) is 155 cm³/mol. The van der Waals surface area contributed by atoms with Crippen molar-refractivity contribution < 1.29 is 53.2 Å². The van der Waals surface area contributed by atoms with Gasteiger partial charge in [-0.25, -0.2) is 17.6 Å². The van der Waals surface area contributed by atoms with Crippen molar-refractivity contribution in [2.24, 2.45) is 0 Å². The van der Waals surface area contributed by atoms with Gasteiger partial charge in [0.2, 0.25) is 0 Å². The van der Waals surface area contributed by atoms with Gasteiger partial charge < -0.3 is 14.4 Å². The van der Waals surface area contributed by atoms with E-state index in [0.29, 0.717) is 0 Å². The standard InChI is InChI=1S/C20H26I.C13H9FO6S/c1-19(2,3)15-7-11-17(12-8-15)21-18-13-9-16(10-14-18)20(4,5)6;14-9-3-1-2-4-11(9)20-13(16)8-5-6-12(10(15)7-8)21(17,18)19/h7-14H,1-6H3;1-7,15H,(H,17,18,19)/q+1;/p-1. The normalized spacial score (nSPS) is 11.8. The van der Waals surface area contributed by atoms with Crippen molar-refractivity contribution in [2.75, 3.05) is 0 Å². The molecule has 0 heterocycles. The van der Waals surface area contributed by atoms with Crippen LogP contribution in [0, 0.1) is 13.0 Å². The Labute approximate surface area is 257 Å². The zero-order chi connectivity index (χ0) is 31.3. The molecule has 42 heavy (non-hydrogen) atoms. The molecule has 6 nitrogen and oxygen atoms in total. The Morgan fingerprint density at radius 2 is 1.26 bits per heavy atom. The monoisotopic (exact) mass is 704 g/mol. The minimum absolute atomic E-state index is 0.0703. The third-order valence-electron chi connectivity index (χ3n) is 6.14. The molecule has 0 aromatic heterocycles. The van der Waals surface area contributed by atoms with Crippen LogP contribution in [0.3, 0.4) is 0 Å². The number of rotatable bonds is 5. The summed E-state index contributed by atoms with van der Waals surface area (Å²) in [6.07, 6.45) is 0. The van der Waals surface area contributed by atoms with Crippen molar-refractivity contribution in [1.29, 1.82) is 0 Å². The van der Waals surface area contributed by atoms with Gasteiger partial charge in [-0.1, -0.05) is 77.9 Å². The summed E-state index contributed by atoms with van der Waals surface area (Å²) in [6.45, 7) is 13.6. The number of esters is 1. The summed E-state index contributed by atoms with van der Waals surface area (Å²) >= 11 is -0.0703. The highest BCUT2D eigenvalue weighted by atomic mass is 127. The van der Waals surface area contributed by atoms with Gasteiger partial charge in [0.25, 0.3) is 0 Å². The van der Waals surface area contributed by atoms with E-state index in [2.05, 4.69) is 90.1 Å². The second-order valence-corrected chi connectivity index (χ2v) is 15.9. The van der Waals surface area contributed by atoms with Crippen molar-refractivity contribution in [3.63, 3.8) is 0 Å². The number of para-hydroxylation sites is 1. The lowest BCUT2D eigenvalue weighted by Gasteiger charge is -2.18. The largest absolute Gasteiger partial charge is 0.744 e. The molecule has 0 aliphatic carbocycles. The number of carbonyl (C=O) groups excluding carboxylic acids is 1. The predicted octanol–water partition coefficient (Wildman–Crippen LogP) is 4.06. The maximum atomic E-state index is 13.3. The van der Waals surface area contributed by atoms with E-state index >= 15 is 0 Å². The SMILES string of the molecule is CC(C)(C)c1ccc([I+]c2ccc(C(C)(C)C)cc2)cc1.O=C(Oc1ccccc1F)c1ccc(S(=O)(=O)[O-])c(O)c1. The van der Waals surface area contributed by atoms with Gasteiger partial charge in [0.05, 0.1) is 10.5 Å². The average molecular weight is 705 g/mol. The summed E-state index contributed by atoms with van der Waals surface area (Å²) in [5.41, 5.74) is 3.08. The number of halogens is 2. The molecule has 0 unspecified atom stereocenters. The van der Waals surface area contributed by atoms with E-state index in [0.717, 1.165) is 24.3 Å². The summed E-state index contributed by atoms with van der Waals surface area (Å²) in [5, 5.41) is 9.44. The van der Waals surface area contributed by atoms with Crippen molar-refractivity contribution in [1.82, 2.24) is 0 Å². The molecular weight excluding hydrogens is 670 g/mol. The van der Waals surface area contributed by atoms with E-state index in [1.165, 1.54) is 36.5 Å². The van der Waals surface area contributed by atoms with Crippen LogP contribution in [0.25, 0.3) is 0 Å². The molecule has 4 aromatic carbocycles.